The summed E-state index contributed by atoms with van der Waals surface area (Å²) in [7, 11) is 1.70. The van der Waals surface area contributed by atoms with Crippen molar-refractivity contribution in [3.05, 3.63) is 76.7 Å². The Hall–Kier alpha value is -3.00. The predicted octanol–water partition coefficient (Wildman–Crippen LogP) is 4.81. The highest BCUT2D eigenvalue weighted by Crippen LogP contribution is 2.34. The molecular weight excluding hydrogens is 446 g/mol. The zero-order valence-electron chi connectivity index (χ0n) is 19.2. The van der Waals surface area contributed by atoms with Gasteiger partial charge in [0.2, 0.25) is 0 Å². The first-order valence-electron chi connectivity index (χ1n) is 11.7. The molecule has 176 valence electrons. The number of carbonyl (C=O) groups is 1. The zero-order valence-corrected chi connectivity index (χ0v) is 20.0. The number of thiophene rings is 1. The van der Waals surface area contributed by atoms with Crippen molar-refractivity contribution in [1.29, 1.82) is 0 Å². The van der Waals surface area contributed by atoms with Gasteiger partial charge in [-0.05, 0) is 65.2 Å². The van der Waals surface area contributed by atoms with Crippen molar-refractivity contribution in [2.45, 2.75) is 43.9 Å². The number of amidine groups is 1. The van der Waals surface area contributed by atoms with E-state index in [9.17, 15) is 9.90 Å². The van der Waals surface area contributed by atoms with E-state index in [0.29, 0.717) is 18.6 Å². The number of methoxy groups -OCH3 is 1. The van der Waals surface area contributed by atoms with Crippen LogP contribution in [0.1, 0.15) is 46.8 Å². The highest BCUT2D eigenvalue weighted by atomic mass is 32.1. The average Bonchev–Trinajstić information content (AvgIpc) is 3.48. The van der Waals surface area contributed by atoms with Crippen molar-refractivity contribution in [2.24, 2.45) is 4.99 Å². The fourth-order valence-corrected chi connectivity index (χ4v) is 5.49. The number of nitrogens with one attached hydrogen (secondary N) is 2. The molecule has 7 heteroatoms. The number of aliphatic imine (C=N–C) groups is 1. The van der Waals surface area contributed by atoms with Crippen molar-refractivity contribution in [3.8, 4) is 10.4 Å². The summed E-state index contributed by atoms with van der Waals surface area (Å²) in [5, 5.41) is 19.2. The second-order valence-electron chi connectivity index (χ2n) is 8.89. The maximum Gasteiger partial charge on any atom is 0.251 e. The first kappa shape index (κ1) is 22.8. The summed E-state index contributed by atoms with van der Waals surface area (Å²) in [6.45, 7) is 0.629. The van der Waals surface area contributed by atoms with Crippen LogP contribution < -0.4 is 10.6 Å². The molecule has 0 radical (unpaired) electrons. The monoisotopic (exact) mass is 475 g/mol. The molecule has 3 atom stereocenters. The zero-order chi connectivity index (χ0) is 23.5. The van der Waals surface area contributed by atoms with Gasteiger partial charge in [0.25, 0.3) is 5.91 Å². The molecule has 1 unspecified atom stereocenters. The number of anilines is 1. The number of benzene rings is 2. The molecule has 2 aromatic carbocycles. The van der Waals surface area contributed by atoms with E-state index in [-0.39, 0.29) is 11.9 Å². The molecule has 2 heterocycles. The van der Waals surface area contributed by atoms with Crippen LogP contribution in [0, 0.1) is 0 Å². The molecule has 1 aliphatic heterocycles. The Labute approximate surface area is 203 Å². The van der Waals surface area contributed by atoms with Gasteiger partial charge in [-0.3, -0.25) is 9.79 Å². The van der Waals surface area contributed by atoms with Crippen LogP contribution in [0.3, 0.4) is 0 Å². The van der Waals surface area contributed by atoms with E-state index >= 15 is 0 Å². The lowest BCUT2D eigenvalue weighted by Crippen LogP contribution is -2.33. The van der Waals surface area contributed by atoms with E-state index < -0.39 is 12.1 Å². The summed E-state index contributed by atoms with van der Waals surface area (Å²) < 4.78 is 5.26. The lowest BCUT2D eigenvalue weighted by atomic mass is 10.0. The van der Waals surface area contributed by atoms with Crippen LogP contribution in [0.15, 0.2) is 65.0 Å². The SMILES string of the molecule is COCC1CCCC(Nc2ccc3c(c2)[C@@H](NC(=O)c2ccc(-c4cccs4)cc2)[C@H](O)C3)=N1. The molecule has 3 aromatic rings. The van der Waals surface area contributed by atoms with Gasteiger partial charge in [0.15, 0.2) is 0 Å². The Kier molecular flexibility index (Phi) is 6.76. The minimum atomic E-state index is -0.655. The number of nitrogens with zero attached hydrogens (tertiary/aromatic N) is 1. The molecule has 1 aliphatic carbocycles. The van der Waals surface area contributed by atoms with Crippen LogP contribution in [0.2, 0.25) is 0 Å². The fourth-order valence-electron chi connectivity index (χ4n) is 4.75. The molecule has 6 nitrogen and oxygen atoms in total. The maximum atomic E-state index is 13.0. The van der Waals surface area contributed by atoms with Crippen molar-refractivity contribution < 1.29 is 14.6 Å². The summed E-state index contributed by atoms with van der Waals surface area (Å²) in [6, 6.07) is 17.5. The topological polar surface area (TPSA) is 83.0 Å². The molecule has 3 N–H and O–H groups in total. The average molecular weight is 476 g/mol. The van der Waals surface area contributed by atoms with E-state index in [0.717, 1.165) is 47.5 Å². The van der Waals surface area contributed by atoms with Crippen molar-refractivity contribution >= 4 is 28.8 Å². The first-order valence-corrected chi connectivity index (χ1v) is 12.6. The Bertz CT molecular complexity index is 1170. The largest absolute Gasteiger partial charge is 0.390 e. The molecule has 0 spiro atoms. The Morgan fingerprint density at radius 3 is 2.82 bits per heavy atom. The lowest BCUT2D eigenvalue weighted by Gasteiger charge is -2.22. The number of ether oxygens (including phenoxy) is 1. The normalized spacial score (nSPS) is 21.6. The van der Waals surface area contributed by atoms with Crippen molar-refractivity contribution in [1.82, 2.24) is 5.32 Å². The smallest absolute Gasteiger partial charge is 0.251 e. The predicted molar refractivity (Wildman–Crippen MR) is 137 cm³/mol. The van der Waals surface area contributed by atoms with Gasteiger partial charge in [0.1, 0.15) is 5.84 Å². The summed E-state index contributed by atoms with van der Waals surface area (Å²) in [5.74, 6) is 0.769. The van der Waals surface area contributed by atoms with Crippen LogP contribution in [0.4, 0.5) is 5.69 Å². The highest BCUT2D eigenvalue weighted by Gasteiger charge is 2.33. The highest BCUT2D eigenvalue weighted by molar-refractivity contribution is 7.13. The third-order valence-corrected chi connectivity index (χ3v) is 7.39. The summed E-state index contributed by atoms with van der Waals surface area (Å²) in [6.07, 6.45) is 2.89. The van der Waals surface area contributed by atoms with Gasteiger partial charge in [-0.2, -0.15) is 0 Å². The minimum Gasteiger partial charge on any atom is -0.390 e. The molecule has 0 saturated heterocycles. The molecule has 1 aromatic heterocycles. The van der Waals surface area contributed by atoms with Crippen LogP contribution >= 0.6 is 11.3 Å². The number of hydrogen-bond acceptors (Lipinski definition) is 6. The summed E-state index contributed by atoms with van der Waals surface area (Å²) >= 11 is 1.67. The third kappa shape index (κ3) is 4.92. The first-order chi connectivity index (χ1) is 16.6. The Morgan fingerprint density at radius 2 is 2.06 bits per heavy atom. The van der Waals surface area contributed by atoms with E-state index in [1.807, 2.05) is 53.9 Å². The van der Waals surface area contributed by atoms with E-state index in [1.165, 1.54) is 4.88 Å². The van der Waals surface area contributed by atoms with Crippen LogP contribution in [-0.4, -0.2) is 42.7 Å². The number of amides is 1. The summed E-state index contributed by atoms with van der Waals surface area (Å²) in [5.41, 5.74) is 4.59. The van der Waals surface area contributed by atoms with E-state index in [1.54, 1.807) is 18.4 Å². The number of hydrogen-bond donors (Lipinski definition) is 3. The number of carbonyl (C=O) groups excluding carboxylic acids is 1. The van der Waals surface area contributed by atoms with Crippen LogP contribution in [0.5, 0.6) is 0 Å². The van der Waals surface area contributed by atoms with Gasteiger partial charge in [0, 0.05) is 36.1 Å². The van der Waals surface area contributed by atoms with Crippen molar-refractivity contribution in [2.75, 3.05) is 19.0 Å². The van der Waals surface area contributed by atoms with Gasteiger partial charge in [0.05, 0.1) is 24.8 Å². The molecule has 0 fully saturated rings. The Morgan fingerprint density at radius 1 is 1.21 bits per heavy atom. The van der Waals surface area contributed by atoms with Crippen LogP contribution in [-0.2, 0) is 11.2 Å². The number of aliphatic hydroxyl groups excluding tert-OH is 1. The van der Waals surface area contributed by atoms with Gasteiger partial charge < -0.3 is 20.5 Å². The second-order valence-corrected chi connectivity index (χ2v) is 9.84. The van der Waals surface area contributed by atoms with Gasteiger partial charge in [-0.1, -0.05) is 24.3 Å². The molecule has 0 saturated carbocycles. The molecule has 1 amide bonds. The van der Waals surface area contributed by atoms with Crippen LogP contribution in [0.25, 0.3) is 10.4 Å². The van der Waals surface area contributed by atoms with Gasteiger partial charge in [-0.15, -0.1) is 11.3 Å². The van der Waals surface area contributed by atoms with Gasteiger partial charge in [-0.25, -0.2) is 0 Å². The molecule has 2 aliphatic rings. The van der Waals surface area contributed by atoms with Gasteiger partial charge >= 0.3 is 0 Å². The standard InChI is InChI=1S/C27H29N3O3S/c1-33-16-21-4-2-6-25(29-21)28-20-12-11-19-14-23(31)26(22(19)15-20)30-27(32)18-9-7-17(8-10-18)24-5-3-13-34-24/h3,5,7-13,15,21,23,26,31H,2,4,6,14,16H2,1H3,(H,28,29)(H,30,32)/t21?,23-,26-/m1/s1. The molecule has 0 bridgehead atoms. The minimum absolute atomic E-state index is 0.188. The number of aliphatic hydroxyl groups is 1. The fraction of sp³-hybridized carbons (Fsp3) is 0.333. The summed E-state index contributed by atoms with van der Waals surface area (Å²) in [4.78, 5) is 18.9. The lowest BCUT2D eigenvalue weighted by molar-refractivity contribution is 0.0858. The van der Waals surface area contributed by atoms with E-state index in [4.69, 9.17) is 9.73 Å². The third-order valence-electron chi connectivity index (χ3n) is 6.47. The number of fused-ring (bicyclic) bond motifs is 1. The molecule has 5 rings (SSSR count). The van der Waals surface area contributed by atoms with Crippen molar-refractivity contribution in [3.63, 3.8) is 0 Å². The quantitative estimate of drug-likeness (QED) is 0.478. The molecule has 34 heavy (non-hydrogen) atoms. The molecular formula is C27H29N3O3S. The number of rotatable bonds is 6. The maximum absolute atomic E-state index is 13.0. The second kappa shape index (κ2) is 10.1. The Balaban J connectivity index is 1.30. The van der Waals surface area contributed by atoms with E-state index in [2.05, 4.69) is 16.7 Å².